The zero-order valence-electron chi connectivity index (χ0n) is 13.1. The van der Waals surface area contributed by atoms with Gasteiger partial charge in [0.2, 0.25) is 5.56 Å². The summed E-state index contributed by atoms with van der Waals surface area (Å²) in [7, 11) is 0. The van der Waals surface area contributed by atoms with Crippen LogP contribution in [0.1, 0.15) is 22.6 Å². The maximum atomic E-state index is 11.9. The number of halogens is 1. The van der Waals surface area contributed by atoms with Crippen molar-refractivity contribution in [1.29, 1.82) is 0 Å². The first kappa shape index (κ1) is 16.3. The van der Waals surface area contributed by atoms with E-state index in [0.29, 0.717) is 13.0 Å². The molecule has 0 unspecified atom stereocenters. The van der Waals surface area contributed by atoms with Crippen LogP contribution >= 0.6 is 11.6 Å². The monoisotopic (exact) mass is 345 g/mol. The normalized spacial score (nSPS) is 10.9. The number of esters is 1. The van der Waals surface area contributed by atoms with Crippen molar-refractivity contribution in [3.63, 3.8) is 0 Å². The van der Waals surface area contributed by atoms with Crippen molar-refractivity contribution < 1.29 is 9.53 Å². The number of fused-ring (bicyclic) bond motifs is 1. The van der Waals surface area contributed by atoms with Gasteiger partial charge in [-0.15, -0.1) is 0 Å². The third-order valence-corrected chi connectivity index (χ3v) is 3.86. The Morgan fingerprint density at radius 2 is 2.12 bits per heavy atom. The molecular formula is C17H16ClN3O3. The number of carbonyl (C=O) groups is 1. The van der Waals surface area contributed by atoms with E-state index in [1.165, 1.54) is 12.1 Å². The molecule has 0 atom stereocenters. The highest BCUT2D eigenvalue weighted by Gasteiger charge is 2.10. The number of hydrogen-bond donors (Lipinski definition) is 1. The Hall–Kier alpha value is -2.60. The molecule has 0 saturated heterocycles. The van der Waals surface area contributed by atoms with Crippen LogP contribution < -0.4 is 5.56 Å². The second-order valence-corrected chi connectivity index (χ2v) is 5.78. The predicted octanol–water partition coefficient (Wildman–Crippen LogP) is 2.93. The molecule has 0 aliphatic carbocycles. The number of hydrogen-bond acceptors (Lipinski definition) is 4. The Labute approximate surface area is 143 Å². The van der Waals surface area contributed by atoms with Crippen molar-refractivity contribution in [3.05, 3.63) is 63.3 Å². The van der Waals surface area contributed by atoms with Gasteiger partial charge in [-0.1, -0.05) is 23.7 Å². The van der Waals surface area contributed by atoms with Crippen LogP contribution in [0.2, 0.25) is 5.15 Å². The lowest BCUT2D eigenvalue weighted by atomic mass is 10.3. The lowest BCUT2D eigenvalue weighted by molar-refractivity contribution is 0.0496. The predicted molar refractivity (Wildman–Crippen MR) is 91.4 cm³/mol. The Morgan fingerprint density at radius 3 is 2.92 bits per heavy atom. The first-order valence-electron chi connectivity index (χ1n) is 7.53. The number of aryl methyl sites for hydroxylation is 2. The lowest BCUT2D eigenvalue weighted by Crippen LogP contribution is -2.13. The molecular weight excluding hydrogens is 330 g/mol. The fourth-order valence-electron chi connectivity index (χ4n) is 2.58. The van der Waals surface area contributed by atoms with Gasteiger partial charge in [0.1, 0.15) is 11.0 Å². The minimum absolute atomic E-state index is 0.106. The fraction of sp³-hybridized carbons (Fsp3) is 0.235. The molecule has 1 aromatic carbocycles. The van der Waals surface area contributed by atoms with Crippen LogP contribution in [0.5, 0.6) is 0 Å². The van der Waals surface area contributed by atoms with E-state index in [-0.39, 0.29) is 17.3 Å². The highest BCUT2D eigenvalue weighted by Crippen LogP contribution is 2.16. The summed E-state index contributed by atoms with van der Waals surface area (Å²) in [5.74, 6) is 0.360. The number of rotatable bonds is 5. The second kappa shape index (κ2) is 6.88. The van der Waals surface area contributed by atoms with Crippen molar-refractivity contribution in [2.45, 2.75) is 19.9 Å². The lowest BCUT2D eigenvalue weighted by Gasteiger charge is -2.08. The molecule has 6 nitrogen and oxygen atoms in total. The minimum atomic E-state index is -0.560. The van der Waals surface area contributed by atoms with Crippen LogP contribution in [0.3, 0.4) is 0 Å². The summed E-state index contributed by atoms with van der Waals surface area (Å²) in [6.45, 7) is 2.88. The van der Waals surface area contributed by atoms with Crippen LogP contribution in [-0.4, -0.2) is 27.1 Å². The highest BCUT2D eigenvalue weighted by atomic mass is 35.5. The van der Waals surface area contributed by atoms with E-state index in [1.54, 1.807) is 0 Å². The zero-order chi connectivity index (χ0) is 17.1. The van der Waals surface area contributed by atoms with Gasteiger partial charge in [0.05, 0.1) is 23.2 Å². The molecule has 0 aliphatic heterocycles. The molecule has 3 rings (SSSR count). The van der Waals surface area contributed by atoms with E-state index in [1.807, 2.05) is 31.2 Å². The maximum absolute atomic E-state index is 11.9. The van der Waals surface area contributed by atoms with Gasteiger partial charge in [-0.05, 0) is 31.5 Å². The smallest absolute Gasteiger partial charge is 0.338 e. The van der Waals surface area contributed by atoms with E-state index in [2.05, 4.69) is 14.5 Å². The first-order chi connectivity index (χ1) is 11.5. The summed E-state index contributed by atoms with van der Waals surface area (Å²) in [5, 5.41) is 0.106. The van der Waals surface area contributed by atoms with Gasteiger partial charge in [-0.2, -0.15) is 0 Å². The van der Waals surface area contributed by atoms with Gasteiger partial charge in [0.15, 0.2) is 0 Å². The molecule has 0 bridgehead atoms. The molecule has 124 valence electrons. The van der Waals surface area contributed by atoms with Crippen molar-refractivity contribution in [2.75, 3.05) is 6.61 Å². The number of benzene rings is 1. The van der Waals surface area contributed by atoms with Gasteiger partial charge in [-0.3, -0.25) is 4.79 Å². The zero-order valence-corrected chi connectivity index (χ0v) is 13.8. The Bertz CT molecular complexity index is 946. The highest BCUT2D eigenvalue weighted by molar-refractivity contribution is 6.29. The molecule has 24 heavy (non-hydrogen) atoms. The molecule has 2 aromatic heterocycles. The molecule has 0 spiro atoms. The summed E-state index contributed by atoms with van der Waals surface area (Å²) >= 11 is 5.72. The minimum Gasteiger partial charge on any atom is -0.462 e. The molecule has 0 aliphatic rings. The number of aromatic nitrogens is 3. The topological polar surface area (TPSA) is 77.0 Å². The first-order valence-corrected chi connectivity index (χ1v) is 7.91. The molecule has 1 N–H and O–H groups in total. The molecule has 2 heterocycles. The van der Waals surface area contributed by atoms with Crippen molar-refractivity contribution in [2.24, 2.45) is 0 Å². The average molecular weight is 346 g/mol. The van der Waals surface area contributed by atoms with Crippen LogP contribution in [0.15, 0.2) is 41.2 Å². The fourth-order valence-corrected chi connectivity index (χ4v) is 2.79. The Morgan fingerprint density at radius 1 is 1.33 bits per heavy atom. The molecule has 0 amide bonds. The number of para-hydroxylation sites is 2. The van der Waals surface area contributed by atoms with Crippen LogP contribution in [0, 0.1) is 6.92 Å². The number of carbonyl (C=O) groups excluding carboxylic acids is 1. The Balaban J connectivity index is 1.59. The summed E-state index contributed by atoms with van der Waals surface area (Å²) in [5.41, 5.74) is 1.72. The van der Waals surface area contributed by atoms with E-state index in [0.717, 1.165) is 16.9 Å². The van der Waals surface area contributed by atoms with Gasteiger partial charge >= 0.3 is 5.97 Å². The van der Waals surface area contributed by atoms with Crippen molar-refractivity contribution in [1.82, 2.24) is 14.5 Å². The summed E-state index contributed by atoms with van der Waals surface area (Å²) in [6.07, 6.45) is 0.643. The number of imidazole rings is 1. The van der Waals surface area contributed by atoms with Crippen LogP contribution in [0.25, 0.3) is 11.0 Å². The third-order valence-electron chi connectivity index (χ3n) is 3.65. The van der Waals surface area contributed by atoms with Gasteiger partial charge in [0.25, 0.3) is 0 Å². The SMILES string of the molecule is Cc1nc2ccccc2n1CCCOC(=O)c1cc(Cl)[nH]c(=O)c1. The third kappa shape index (κ3) is 3.49. The van der Waals surface area contributed by atoms with E-state index in [9.17, 15) is 9.59 Å². The van der Waals surface area contributed by atoms with E-state index < -0.39 is 11.5 Å². The number of nitrogens with zero attached hydrogens (tertiary/aromatic N) is 2. The number of pyridine rings is 1. The summed E-state index contributed by atoms with van der Waals surface area (Å²) in [4.78, 5) is 30.1. The number of aromatic amines is 1. The maximum Gasteiger partial charge on any atom is 0.338 e. The standard InChI is InChI=1S/C17H16ClN3O3/c1-11-19-13-5-2-3-6-14(13)21(11)7-4-8-24-17(23)12-9-15(18)20-16(22)10-12/h2-3,5-6,9-10H,4,7-8H2,1H3,(H,20,22). The van der Waals surface area contributed by atoms with Gasteiger partial charge < -0.3 is 14.3 Å². The van der Waals surface area contributed by atoms with Gasteiger partial charge in [-0.25, -0.2) is 9.78 Å². The van der Waals surface area contributed by atoms with Crippen molar-refractivity contribution in [3.8, 4) is 0 Å². The summed E-state index contributed by atoms with van der Waals surface area (Å²) in [6, 6.07) is 10.4. The van der Waals surface area contributed by atoms with Crippen LogP contribution in [-0.2, 0) is 11.3 Å². The molecule has 7 heteroatoms. The quantitative estimate of drug-likeness (QED) is 0.438. The number of H-pyrrole nitrogens is 1. The van der Waals surface area contributed by atoms with Crippen LogP contribution in [0.4, 0.5) is 0 Å². The Kier molecular flexibility index (Phi) is 4.66. The van der Waals surface area contributed by atoms with E-state index in [4.69, 9.17) is 16.3 Å². The van der Waals surface area contributed by atoms with E-state index >= 15 is 0 Å². The van der Waals surface area contributed by atoms with Crippen molar-refractivity contribution >= 4 is 28.6 Å². The number of nitrogens with one attached hydrogen (secondary N) is 1. The average Bonchev–Trinajstić information content (AvgIpc) is 2.86. The molecule has 0 fully saturated rings. The number of ether oxygens (including phenoxy) is 1. The largest absolute Gasteiger partial charge is 0.462 e. The van der Waals surface area contributed by atoms with Gasteiger partial charge in [0, 0.05) is 12.6 Å². The molecule has 3 aromatic rings. The molecule has 0 radical (unpaired) electrons. The molecule has 0 saturated carbocycles. The summed E-state index contributed by atoms with van der Waals surface area (Å²) < 4.78 is 7.29. The second-order valence-electron chi connectivity index (χ2n) is 5.37.